The molecular formula is C10H15N. The maximum atomic E-state index is 4.40. The van der Waals surface area contributed by atoms with E-state index in [1.54, 1.807) is 0 Å². The third-order valence-corrected chi connectivity index (χ3v) is 1.83. The van der Waals surface area contributed by atoms with Crippen molar-refractivity contribution in [3.63, 3.8) is 0 Å². The second-order valence-corrected chi connectivity index (χ2v) is 2.97. The monoisotopic (exact) mass is 149 g/mol. The molecule has 0 saturated heterocycles. The van der Waals surface area contributed by atoms with E-state index in [1.165, 1.54) is 11.3 Å². The van der Waals surface area contributed by atoms with Crippen molar-refractivity contribution >= 4 is 5.71 Å². The lowest BCUT2D eigenvalue weighted by atomic mass is 10.1. The molecule has 0 spiro atoms. The average Bonchev–Trinajstić information content (AvgIpc) is 2.11. The van der Waals surface area contributed by atoms with Crippen LogP contribution in [0.4, 0.5) is 0 Å². The average molecular weight is 149 g/mol. The number of allylic oxidation sites excluding steroid dienone is 4. The summed E-state index contributed by atoms with van der Waals surface area (Å²) in [4.78, 5) is 4.40. The third kappa shape index (κ3) is 2.34. The highest BCUT2D eigenvalue weighted by atomic mass is 14.7. The van der Waals surface area contributed by atoms with Gasteiger partial charge in [-0.25, -0.2) is 0 Å². The molecule has 0 amide bonds. The Bertz CT molecular complexity index is 231. The first-order chi connectivity index (χ1) is 5.22. The highest BCUT2D eigenvalue weighted by Gasteiger charge is 1.98. The first-order valence-electron chi connectivity index (χ1n) is 4.14. The van der Waals surface area contributed by atoms with Gasteiger partial charge in [0.15, 0.2) is 0 Å². The molecule has 0 atom stereocenters. The van der Waals surface area contributed by atoms with Gasteiger partial charge in [-0.3, -0.25) is 4.99 Å². The summed E-state index contributed by atoms with van der Waals surface area (Å²) < 4.78 is 0. The van der Waals surface area contributed by atoms with Crippen LogP contribution in [0.1, 0.15) is 33.6 Å². The molecule has 0 bridgehead atoms. The molecule has 1 nitrogen and oxygen atoms in total. The fraction of sp³-hybridized carbons (Fsp3) is 0.500. The van der Waals surface area contributed by atoms with E-state index < -0.39 is 0 Å². The number of nitrogens with zero attached hydrogens (tertiary/aromatic N) is 1. The Hall–Kier alpha value is -0.850. The van der Waals surface area contributed by atoms with Crippen molar-refractivity contribution in [1.82, 2.24) is 0 Å². The summed E-state index contributed by atoms with van der Waals surface area (Å²) in [6, 6.07) is 0. The molecule has 0 aliphatic carbocycles. The van der Waals surface area contributed by atoms with Crippen LogP contribution in [-0.4, -0.2) is 5.71 Å². The zero-order valence-electron chi connectivity index (χ0n) is 7.52. The fourth-order valence-electron chi connectivity index (χ4n) is 1.23. The maximum absolute atomic E-state index is 4.40. The van der Waals surface area contributed by atoms with Crippen LogP contribution in [-0.2, 0) is 0 Å². The van der Waals surface area contributed by atoms with Crippen molar-refractivity contribution in [2.24, 2.45) is 4.99 Å². The molecule has 0 aromatic heterocycles. The molecule has 1 rings (SSSR count). The van der Waals surface area contributed by atoms with Crippen LogP contribution in [0.2, 0.25) is 0 Å². The van der Waals surface area contributed by atoms with Gasteiger partial charge in [-0.1, -0.05) is 18.6 Å². The van der Waals surface area contributed by atoms with Crippen molar-refractivity contribution in [2.45, 2.75) is 33.6 Å². The fourth-order valence-corrected chi connectivity index (χ4v) is 1.23. The summed E-state index contributed by atoms with van der Waals surface area (Å²) in [6.45, 7) is 6.31. The van der Waals surface area contributed by atoms with Crippen molar-refractivity contribution in [1.29, 1.82) is 0 Å². The van der Waals surface area contributed by atoms with Gasteiger partial charge in [-0.05, 0) is 26.3 Å². The smallest absolute Gasteiger partial charge is 0.0374 e. The molecule has 0 radical (unpaired) electrons. The highest BCUT2D eigenvalue weighted by Crippen LogP contribution is 2.13. The molecule has 1 heteroatoms. The van der Waals surface area contributed by atoms with Gasteiger partial charge in [-0.15, -0.1) is 0 Å². The zero-order valence-corrected chi connectivity index (χ0v) is 7.52. The van der Waals surface area contributed by atoms with Crippen molar-refractivity contribution in [3.05, 3.63) is 23.4 Å². The van der Waals surface area contributed by atoms with E-state index in [2.05, 4.69) is 37.9 Å². The topological polar surface area (TPSA) is 12.4 Å². The number of hydrogen-bond acceptors (Lipinski definition) is 1. The van der Waals surface area contributed by atoms with Gasteiger partial charge < -0.3 is 0 Å². The summed E-state index contributed by atoms with van der Waals surface area (Å²) >= 11 is 0. The minimum absolute atomic E-state index is 1.01. The first-order valence-corrected chi connectivity index (χ1v) is 4.14. The van der Waals surface area contributed by atoms with Gasteiger partial charge in [0.25, 0.3) is 0 Å². The van der Waals surface area contributed by atoms with Gasteiger partial charge in [0.2, 0.25) is 0 Å². The summed E-state index contributed by atoms with van der Waals surface area (Å²) in [7, 11) is 0. The lowest BCUT2D eigenvalue weighted by Crippen LogP contribution is -1.86. The zero-order chi connectivity index (χ0) is 8.27. The second-order valence-electron chi connectivity index (χ2n) is 2.97. The molecule has 0 unspecified atom stereocenters. The molecule has 1 aliphatic rings. The Morgan fingerprint density at radius 1 is 1.45 bits per heavy atom. The van der Waals surface area contributed by atoms with Crippen molar-refractivity contribution < 1.29 is 0 Å². The number of rotatable bonds is 1. The van der Waals surface area contributed by atoms with Crippen molar-refractivity contribution in [3.8, 4) is 0 Å². The highest BCUT2D eigenvalue weighted by molar-refractivity contribution is 5.84. The van der Waals surface area contributed by atoms with E-state index in [0.29, 0.717) is 0 Å². The van der Waals surface area contributed by atoms with E-state index in [9.17, 15) is 0 Å². The molecular weight excluding hydrogens is 134 g/mol. The van der Waals surface area contributed by atoms with Crippen LogP contribution < -0.4 is 0 Å². The van der Waals surface area contributed by atoms with E-state index in [0.717, 1.165) is 18.5 Å². The van der Waals surface area contributed by atoms with Crippen LogP contribution in [0, 0.1) is 0 Å². The maximum Gasteiger partial charge on any atom is 0.0374 e. The van der Waals surface area contributed by atoms with Gasteiger partial charge in [-0.2, -0.15) is 0 Å². The summed E-state index contributed by atoms with van der Waals surface area (Å²) in [5, 5.41) is 0. The van der Waals surface area contributed by atoms with Gasteiger partial charge in [0.05, 0.1) is 0 Å². The Morgan fingerprint density at radius 2 is 2.18 bits per heavy atom. The van der Waals surface area contributed by atoms with Gasteiger partial charge in [0.1, 0.15) is 0 Å². The van der Waals surface area contributed by atoms with Crippen LogP contribution in [0.3, 0.4) is 0 Å². The molecule has 60 valence electrons. The van der Waals surface area contributed by atoms with Crippen LogP contribution in [0.5, 0.6) is 0 Å². The Balaban J connectivity index is 2.85. The molecule has 0 N–H and O–H groups in total. The minimum Gasteiger partial charge on any atom is -0.263 e. The van der Waals surface area contributed by atoms with E-state index in [-0.39, 0.29) is 0 Å². The van der Waals surface area contributed by atoms with E-state index >= 15 is 0 Å². The first kappa shape index (κ1) is 8.25. The van der Waals surface area contributed by atoms with Crippen LogP contribution >= 0.6 is 0 Å². The van der Waals surface area contributed by atoms with Gasteiger partial charge >= 0.3 is 0 Å². The largest absolute Gasteiger partial charge is 0.263 e. The molecule has 0 fully saturated rings. The second kappa shape index (κ2) is 3.51. The molecule has 1 aliphatic heterocycles. The molecule has 0 saturated carbocycles. The predicted octanol–water partition coefficient (Wildman–Crippen LogP) is 3.09. The molecule has 1 heterocycles. The van der Waals surface area contributed by atoms with Crippen LogP contribution in [0.15, 0.2) is 28.4 Å². The number of hydrogen-bond donors (Lipinski definition) is 0. The Labute approximate surface area is 68.5 Å². The molecule has 11 heavy (non-hydrogen) atoms. The Kier molecular flexibility index (Phi) is 2.64. The van der Waals surface area contributed by atoms with Gasteiger partial charge in [0, 0.05) is 17.8 Å². The molecule has 0 aromatic carbocycles. The van der Waals surface area contributed by atoms with E-state index in [4.69, 9.17) is 0 Å². The SMILES string of the molecule is CCC1=CCC(C)=NC(C)=C1. The van der Waals surface area contributed by atoms with Crippen LogP contribution in [0.25, 0.3) is 0 Å². The quantitative estimate of drug-likeness (QED) is 0.543. The van der Waals surface area contributed by atoms with E-state index in [1.807, 2.05) is 0 Å². The lowest BCUT2D eigenvalue weighted by Gasteiger charge is -1.93. The summed E-state index contributed by atoms with van der Waals surface area (Å²) in [6.07, 6.45) is 6.54. The minimum atomic E-state index is 1.01. The predicted molar refractivity (Wildman–Crippen MR) is 49.9 cm³/mol. The third-order valence-electron chi connectivity index (χ3n) is 1.83. The standard InChI is InChI=1S/C10H15N/c1-4-10-6-5-8(2)11-9(3)7-10/h6-7H,4-5H2,1-3H3. The Morgan fingerprint density at radius 3 is 2.82 bits per heavy atom. The molecule has 0 aromatic rings. The van der Waals surface area contributed by atoms with Crippen molar-refractivity contribution in [2.75, 3.05) is 0 Å². The summed E-state index contributed by atoms with van der Waals surface area (Å²) in [5.74, 6) is 0. The normalized spacial score (nSPS) is 18.3. The number of aliphatic imine (C=N–C) groups is 1. The summed E-state index contributed by atoms with van der Waals surface area (Å²) in [5.41, 5.74) is 3.75. The lowest BCUT2D eigenvalue weighted by molar-refractivity contribution is 1.13.